The molecule has 3 amide bonds. The van der Waals surface area contributed by atoms with Crippen LogP contribution in [0.1, 0.15) is 49.9 Å². The molecule has 1 saturated heterocycles. The zero-order valence-electron chi connectivity index (χ0n) is 15.5. The molecule has 6 heteroatoms. The van der Waals surface area contributed by atoms with Crippen LogP contribution < -0.4 is 10.6 Å². The van der Waals surface area contributed by atoms with Gasteiger partial charge in [-0.3, -0.25) is 14.4 Å². The maximum absolute atomic E-state index is 12.9. The fourth-order valence-corrected chi connectivity index (χ4v) is 3.12. The van der Waals surface area contributed by atoms with Gasteiger partial charge in [0.1, 0.15) is 0 Å². The number of piperidine rings is 1. The van der Waals surface area contributed by atoms with Crippen molar-refractivity contribution < 1.29 is 14.4 Å². The van der Waals surface area contributed by atoms with E-state index in [1.54, 1.807) is 29.2 Å². The van der Waals surface area contributed by atoms with Gasteiger partial charge < -0.3 is 15.5 Å². The molecule has 3 rings (SSSR count). The smallest absolute Gasteiger partial charge is 0.253 e. The highest BCUT2D eigenvalue weighted by molar-refractivity contribution is 5.97. The van der Waals surface area contributed by atoms with Crippen molar-refractivity contribution >= 4 is 23.4 Å². The highest BCUT2D eigenvalue weighted by Gasteiger charge is 2.32. The van der Waals surface area contributed by atoms with Crippen molar-refractivity contribution in [1.82, 2.24) is 10.2 Å². The highest BCUT2D eigenvalue weighted by Crippen LogP contribution is 2.23. The predicted octanol–water partition coefficient (Wildman–Crippen LogP) is 2.41. The van der Waals surface area contributed by atoms with E-state index in [0.29, 0.717) is 30.4 Å². The van der Waals surface area contributed by atoms with Gasteiger partial charge in [-0.1, -0.05) is 19.9 Å². The first-order valence-electron chi connectivity index (χ1n) is 9.44. The van der Waals surface area contributed by atoms with E-state index in [9.17, 15) is 14.4 Å². The number of nitrogens with one attached hydrogen (secondary N) is 2. The topological polar surface area (TPSA) is 78.5 Å². The number of amides is 3. The second-order valence-electron chi connectivity index (χ2n) is 7.60. The third-order valence-corrected chi connectivity index (χ3v) is 4.90. The summed E-state index contributed by atoms with van der Waals surface area (Å²) in [5.74, 6) is -0.346. The number of hydrogen-bond acceptors (Lipinski definition) is 3. The van der Waals surface area contributed by atoms with Crippen molar-refractivity contribution in [2.45, 2.75) is 45.6 Å². The molecule has 6 nitrogen and oxygen atoms in total. The molecular weight excluding hydrogens is 330 g/mol. The first-order chi connectivity index (χ1) is 12.4. The lowest BCUT2D eigenvalue weighted by molar-refractivity contribution is -0.126. The first kappa shape index (κ1) is 18.4. The molecule has 1 heterocycles. The average Bonchev–Trinajstić information content (AvgIpc) is 3.45. The van der Waals surface area contributed by atoms with Gasteiger partial charge >= 0.3 is 0 Å². The van der Waals surface area contributed by atoms with Crippen LogP contribution in [0.25, 0.3) is 0 Å². The van der Waals surface area contributed by atoms with Crippen LogP contribution in [0.5, 0.6) is 0 Å². The molecule has 2 N–H and O–H groups in total. The van der Waals surface area contributed by atoms with E-state index in [4.69, 9.17) is 0 Å². The summed E-state index contributed by atoms with van der Waals surface area (Å²) in [6, 6.07) is 7.34. The zero-order valence-corrected chi connectivity index (χ0v) is 15.5. The molecular formula is C20H27N3O3. The number of benzene rings is 1. The van der Waals surface area contributed by atoms with E-state index in [2.05, 4.69) is 10.6 Å². The largest absolute Gasteiger partial charge is 0.353 e. The van der Waals surface area contributed by atoms with Gasteiger partial charge in [0.25, 0.3) is 5.91 Å². The van der Waals surface area contributed by atoms with Crippen LogP contribution in [-0.4, -0.2) is 41.8 Å². The summed E-state index contributed by atoms with van der Waals surface area (Å²) < 4.78 is 0. The lowest BCUT2D eigenvalue weighted by atomic mass is 9.96. The maximum Gasteiger partial charge on any atom is 0.253 e. The van der Waals surface area contributed by atoms with Gasteiger partial charge in [0.15, 0.2) is 0 Å². The number of carbonyl (C=O) groups is 3. The Bertz CT molecular complexity index is 697. The van der Waals surface area contributed by atoms with Crippen LogP contribution in [0.3, 0.4) is 0 Å². The highest BCUT2D eigenvalue weighted by atomic mass is 16.2. The van der Waals surface area contributed by atoms with E-state index in [-0.39, 0.29) is 29.6 Å². The lowest BCUT2D eigenvalue weighted by Crippen LogP contribution is -2.45. The van der Waals surface area contributed by atoms with E-state index >= 15 is 0 Å². The quantitative estimate of drug-likeness (QED) is 0.849. The third kappa shape index (κ3) is 4.62. The summed E-state index contributed by atoms with van der Waals surface area (Å²) in [4.78, 5) is 38.8. The molecule has 1 aromatic carbocycles. The van der Waals surface area contributed by atoms with E-state index in [1.165, 1.54) is 0 Å². The van der Waals surface area contributed by atoms with Crippen LogP contribution >= 0.6 is 0 Å². The van der Waals surface area contributed by atoms with Crippen molar-refractivity contribution in [2.75, 3.05) is 18.4 Å². The van der Waals surface area contributed by atoms with Crippen molar-refractivity contribution in [1.29, 1.82) is 0 Å². The van der Waals surface area contributed by atoms with Crippen molar-refractivity contribution in [3.05, 3.63) is 29.8 Å². The third-order valence-electron chi connectivity index (χ3n) is 4.90. The second kappa shape index (κ2) is 7.89. The molecule has 0 bridgehead atoms. The van der Waals surface area contributed by atoms with Gasteiger partial charge in [-0.25, -0.2) is 0 Å². The van der Waals surface area contributed by atoms with Crippen LogP contribution in [0.4, 0.5) is 5.69 Å². The minimum atomic E-state index is -0.128. The fourth-order valence-electron chi connectivity index (χ4n) is 3.12. The second-order valence-corrected chi connectivity index (χ2v) is 7.60. The van der Waals surface area contributed by atoms with Crippen LogP contribution in [-0.2, 0) is 9.59 Å². The molecule has 1 unspecified atom stereocenters. The summed E-state index contributed by atoms with van der Waals surface area (Å²) in [5, 5.41) is 5.86. The van der Waals surface area contributed by atoms with Gasteiger partial charge in [0, 0.05) is 36.3 Å². The molecule has 0 radical (unpaired) electrons. The summed E-state index contributed by atoms with van der Waals surface area (Å²) in [6.07, 6.45) is 3.79. The number of carbonyl (C=O) groups excluding carboxylic acids is 3. The molecule has 26 heavy (non-hydrogen) atoms. The van der Waals surface area contributed by atoms with E-state index in [1.807, 2.05) is 13.8 Å². The minimum Gasteiger partial charge on any atom is -0.353 e. The molecule has 1 aliphatic carbocycles. The number of anilines is 1. The fraction of sp³-hybridized carbons (Fsp3) is 0.550. The molecule has 1 saturated carbocycles. The Morgan fingerprint density at radius 1 is 1.15 bits per heavy atom. The molecule has 0 spiro atoms. The average molecular weight is 357 g/mol. The Morgan fingerprint density at radius 2 is 1.92 bits per heavy atom. The molecule has 2 aliphatic rings. The number of nitrogens with zero attached hydrogens (tertiary/aromatic N) is 1. The van der Waals surface area contributed by atoms with Gasteiger partial charge in [0.05, 0.1) is 5.92 Å². The standard InChI is InChI=1S/C20H27N3O3/c1-13(2)18(24)22-17-7-3-5-14(11-17)20(26)23-10-4-6-15(12-23)19(25)21-16-8-9-16/h3,5,7,11,13,15-16H,4,6,8-10,12H2,1-2H3,(H,21,25)(H,22,24). The molecule has 0 aromatic heterocycles. The summed E-state index contributed by atoms with van der Waals surface area (Å²) in [7, 11) is 0. The van der Waals surface area contributed by atoms with Gasteiger partial charge in [-0.05, 0) is 43.9 Å². The van der Waals surface area contributed by atoms with Crippen LogP contribution in [0.2, 0.25) is 0 Å². The van der Waals surface area contributed by atoms with Gasteiger partial charge in [-0.15, -0.1) is 0 Å². The van der Waals surface area contributed by atoms with E-state index in [0.717, 1.165) is 25.7 Å². The van der Waals surface area contributed by atoms with Crippen molar-refractivity contribution in [2.24, 2.45) is 11.8 Å². The summed E-state index contributed by atoms with van der Waals surface area (Å²) >= 11 is 0. The summed E-state index contributed by atoms with van der Waals surface area (Å²) in [5.41, 5.74) is 1.16. The first-order valence-corrected chi connectivity index (χ1v) is 9.44. The molecule has 2 fully saturated rings. The molecule has 1 atom stereocenters. The van der Waals surface area contributed by atoms with Crippen LogP contribution in [0.15, 0.2) is 24.3 Å². The van der Waals surface area contributed by atoms with Gasteiger partial charge in [0.2, 0.25) is 11.8 Å². The minimum absolute atomic E-state index is 0.0722. The predicted molar refractivity (Wildman–Crippen MR) is 99.7 cm³/mol. The Morgan fingerprint density at radius 3 is 2.62 bits per heavy atom. The summed E-state index contributed by atoms with van der Waals surface area (Å²) in [6.45, 7) is 4.77. The molecule has 140 valence electrons. The Kier molecular flexibility index (Phi) is 5.59. The number of rotatable bonds is 5. The van der Waals surface area contributed by atoms with E-state index < -0.39 is 0 Å². The molecule has 1 aromatic rings. The molecule has 1 aliphatic heterocycles. The Labute approximate surface area is 154 Å². The maximum atomic E-state index is 12.9. The lowest BCUT2D eigenvalue weighted by Gasteiger charge is -2.32. The van der Waals surface area contributed by atoms with Gasteiger partial charge in [-0.2, -0.15) is 0 Å². The Hall–Kier alpha value is -2.37. The zero-order chi connectivity index (χ0) is 18.7. The normalized spacial score (nSPS) is 20.0. The van der Waals surface area contributed by atoms with Crippen LogP contribution in [0, 0.1) is 11.8 Å². The Balaban J connectivity index is 1.64. The SMILES string of the molecule is CC(C)C(=O)Nc1cccc(C(=O)N2CCCC(C(=O)NC3CC3)C2)c1. The van der Waals surface area contributed by atoms with Crippen molar-refractivity contribution in [3.63, 3.8) is 0 Å². The number of likely N-dealkylation sites (tertiary alicyclic amines) is 1. The van der Waals surface area contributed by atoms with Crippen molar-refractivity contribution in [3.8, 4) is 0 Å². The monoisotopic (exact) mass is 357 g/mol. The number of hydrogen-bond donors (Lipinski definition) is 2.